The van der Waals surface area contributed by atoms with E-state index in [0.29, 0.717) is 17.1 Å². The fraction of sp³-hybridized carbons (Fsp3) is 0.455. The zero-order valence-corrected chi connectivity index (χ0v) is 10.7. The molecule has 1 fully saturated rings. The summed E-state index contributed by atoms with van der Waals surface area (Å²) in [6.45, 7) is -0.110. The molecule has 9 heteroatoms. The summed E-state index contributed by atoms with van der Waals surface area (Å²) in [4.78, 5) is 9.71. The highest BCUT2D eigenvalue weighted by molar-refractivity contribution is 5.72. The number of rotatable bonds is 3. The van der Waals surface area contributed by atoms with Gasteiger partial charge >= 0.3 is 6.01 Å². The van der Waals surface area contributed by atoms with E-state index in [-0.39, 0.29) is 25.5 Å². The molecule has 3 heterocycles. The predicted molar refractivity (Wildman–Crippen MR) is 65.7 cm³/mol. The summed E-state index contributed by atoms with van der Waals surface area (Å²) < 4.78 is 31.7. The number of alkyl halides is 2. The molecule has 0 atom stereocenters. The van der Waals surface area contributed by atoms with E-state index in [1.54, 1.807) is 11.1 Å². The van der Waals surface area contributed by atoms with Gasteiger partial charge in [-0.1, -0.05) is 5.21 Å². The van der Waals surface area contributed by atoms with Crippen LogP contribution in [0.15, 0.2) is 12.4 Å². The van der Waals surface area contributed by atoms with Gasteiger partial charge in [0.2, 0.25) is 0 Å². The maximum absolute atomic E-state index is 13.4. The van der Waals surface area contributed by atoms with Gasteiger partial charge in [0.05, 0.1) is 31.7 Å². The van der Waals surface area contributed by atoms with E-state index < -0.39 is 5.92 Å². The zero-order chi connectivity index (χ0) is 14.2. The molecule has 0 spiro atoms. The molecule has 0 saturated carbocycles. The number of nitrogens with zero attached hydrogens (tertiary/aromatic N) is 5. The van der Waals surface area contributed by atoms with Gasteiger partial charge < -0.3 is 9.64 Å². The summed E-state index contributed by atoms with van der Waals surface area (Å²) in [5.74, 6) is -2.69. The standard InChI is InChI=1S/C11H12F2N6O/c1-20-10-14-5-8(19-3-2-11(12,13)6-19)9(16-10)7-4-15-18-17-7/h4-5H,2-3,6H2,1H3,(H,15,17,18). The molecule has 2 aromatic heterocycles. The molecular weight excluding hydrogens is 270 g/mol. The first-order valence-corrected chi connectivity index (χ1v) is 6.00. The Balaban J connectivity index is 2.02. The normalized spacial score (nSPS) is 17.4. The van der Waals surface area contributed by atoms with Crippen molar-refractivity contribution in [3.8, 4) is 17.4 Å². The van der Waals surface area contributed by atoms with Gasteiger partial charge in [-0.05, 0) is 0 Å². The van der Waals surface area contributed by atoms with Crippen LogP contribution in [0.2, 0.25) is 0 Å². The molecule has 7 nitrogen and oxygen atoms in total. The maximum atomic E-state index is 13.4. The fourth-order valence-electron chi connectivity index (χ4n) is 2.14. The monoisotopic (exact) mass is 282 g/mol. The van der Waals surface area contributed by atoms with Crippen molar-refractivity contribution in [1.82, 2.24) is 25.4 Å². The van der Waals surface area contributed by atoms with Crippen molar-refractivity contribution in [3.63, 3.8) is 0 Å². The molecule has 20 heavy (non-hydrogen) atoms. The third kappa shape index (κ3) is 2.26. The number of aromatic nitrogens is 5. The Morgan fingerprint density at radius 2 is 2.30 bits per heavy atom. The van der Waals surface area contributed by atoms with Gasteiger partial charge in [0.15, 0.2) is 0 Å². The quantitative estimate of drug-likeness (QED) is 0.908. The van der Waals surface area contributed by atoms with Crippen LogP contribution in [0, 0.1) is 0 Å². The second-order valence-corrected chi connectivity index (χ2v) is 4.48. The molecule has 0 radical (unpaired) electrons. The van der Waals surface area contributed by atoms with Crippen LogP contribution in [0.5, 0.6) is 6.01 Å². The highest BCUT2D eigenvalue weighted by Crippen LogP contribution is 2.35. The molecule has 1 aliphatic rings. The van der Waals surface area contributed by atoms with Crippen LogP contribution in [0.25, 0.3) is 11.4 Å². The van der Waals surface area contributed by atoms with E-state index in [4.69, 9.17) is 4.74 Å². The predicted octanol–water partition coefficient (Wildman–Crippen LogP) is 1.12. The van der Waals surface area contributed by atoms with Crippen molar-refractivity contribution < 1.29 is 13.5 Å². The second-order valence-electron chi connectivity index (χ2n) is 4.48. The largest absolute Gasteiger partial charge is 0.467 e. The molecule has 0 unspecified atom stereocenters. The minimum absolute atomic E-state index is 0.151. The lowest BCUT2D eigenvalue weighted by Gasteiger charge is -2.19. The molecule has 0 aromatic carbocycles. The zero-order valence-electron chi connectivity index (χ0n) is 10.7. The van der Waals surface area contributed by atoms with E-state index in [2.05, 4.69) is 25.4 Å². The molecule has 1 N–H and O–H groups in total. The molecule has 106 valence electrons. The van der Waals surface area contributed by atoms with E-state index in [9.17, 15) is 8.78 Å². The SMILES string of the molecule is COc1ncc(N2CCC(F)(F)C2)c(-c2c[nH]nn2)n1. The number of aromatic amines is 1. The number of H-pyrrole nitrogens is 1. The number of anilines is 1. The summed E-state index contributed by atoms with van der Waals surface area (Å²) in [7, 11) is 1.44. The van der Waals surface area contributed by atoms with Crippen molar-refractivity contribution in [2.24, 2.45) is 0 Å². The smallest absolute Gasteiger partial charge is 0.316 e. The minimum atomic E-state index is -2.69. The lowest BCUT2D eigenvalue weighted by molar-refractivity contribution is 0.0257. The molecule has 1 aliphatic heterocycles. The summed E-state index contributed by atoms with van der Waals surface area (Å²) >= 11 is 0. The Kier molecular flexibility index (Phi) is 2.96. The van der Waals surface area contributed by atoms with Crippen molar-refractivity contribution in [2.45, 2.75) is 12.3 Å². The van der Waals surface area contributed by atoms with E-state index in [1.807, 2.05) is 0 Å². The van der Waals surface area contributed by atoms with Crippen molar-refractivity contribution in [3.05, 3.63) is 12.4 Å². The van der Waals surface area contributed by atoms with Gasteiger partial charge in [-0.15, -0.1) is 5.10 Å². The molecule has 2 aromatic rings. The first kappa shape index (κ1) is 12.7. The number of hydrogen-bond donors (Lipinski definition) is 1. The average Bonchev–Trinajstić information content (AvgIpc) is 3.07. The van der Waals surface area contributed by atoms with Crippen LogP contribution >= 0.6 is 0 Å². The van der Waals surface area contributed by atoms with Crippen LogP contribution in [-0.4, -0.2) is 51.5 Å². The molecule has 0 bridgehead atoms. The molecular formula is C11H12F2N6O. The lowest BCUT2D eigenvalue weighted by atomic mass is 10.2. The number of ether oxygens (including phenoxy) is 1. The second kappa shape index (κ2) is 4.66. The Labute approximate surface area is 113 Å². The Bertz CT molecular complexity index is 603. The van der Waals surface area contributed by atoms with E-state index in [1.165, 1.54) is 13.3 Å². The van der Waals surface area contributed by atoms with Gasteiger partial charge in [0.1, 0.15) is 11.4 Å². The molecule has 0 aliphatic carbocycles. The Hall–Kier alpha value is -2.32. The van der Waals surface area contributed by atoms with Gasteiger partial charge in [-0.3, -0.25) is 5.10 Å². The number of halogens is 2. The molecule has 0 amide bonds. The lowest BCUT2D eigenvalue weighted by Crippen LogP contribution is -2.25. The van der Waals surface area contributed by atoms with Gasteiger partial charge in [0.25, 0.3) is 5.92 Å². The van der Waals surface area contributed by atoms with Crippen LogP contribution in [0.1, 0.15) is 6.42 Å². The number of nitrogens with one attached hydrogen (secondary N) is 1. The summed E-state index contributed by atoms with van der Waals surface area (Å²) in [6, 6.07) is 0.151. The summed E-state index contributed by atoms with van der Waals surface area (Å²) in [5, 5.41) is 10.0. The van der Waals surface area contributed by atoms with Crippen LogP contribution in [-0.2, 0) is 0 Å². The summed E-state index contributed by atoms with van der Waals surface area (Å²) in [6.07, 6.45) is 2.83. The first-order chi connectivity index (χ1) is 9.59. The fourth-order valence-corrected chi connectivity index (χ4v) is 2.14. The van der Waals surface area contributed by atoms with Crippen LogP contribution in [0.4, 0.5) is 14.5 Å². The van der Waals surface area contributed by atoms with Gasteiger partial charge in [-0.25, -0.2) is 13.8 Å². The highest BCUT2D eigenvalue weighted by atomic mass is 19.3. The number of methoxy groups -OCH3 is 1. The van der Waals surface area contributed by atoms with Crippen LogP contribution < -0.4 is 9.64 Å². The van der Waals surface area contributed by atoms with Crippen LogP contribution in [0.3, 0.4) is 0 Å². The third-order valence-corrected chi connectivity index (χ3v) is 3.10. The average molecular weight is 282 g/mol. The van der Waals surface area contributed by atoms with Crippen molar-refractivity contribution in [1.29, 1.82) is 0 Å². The number of hydrogen-bond acceptors (Lipinski definition) is 6. The third-order valence-electron chi connectivity index (χ3n) is 3.10. The van der Waals surface area contributed by atoms with Crippen molar-refractivity contribution >= 4 is 5.69 Å². The molecule has 3 rings (SSSR count). The topological polar surface area (TPSA) is 79.8 Å². The minimum Gasteiger partial charge on any atom is -0.467 e. The van der Waals surface area contributed by atoms with Gasteiger partial charge in [-0.2, -0.15) is 4.98 Å². The van der Waals surface area contributed by atoms with E-state index in [0.717, 1.165) is 0 Å². The maximum Gasteiger partial charge on any atom is 0.316 e. The van der Waals surface area contributed by atoms with E-state index >= 15 is 0 Å². The first-order valence-electron chi connectivity index (χ1n) is 6.00. The molecule has 1 saturated heterocycles. The highest BCUT2D eigenvalue weighted by Gasteiger charge is 2.39. The Morgan fingerprint density at radius 3 is 2.90 bits per heavy atom. The van der Waals surface area contributed by atoms with Gasteiger partial charge in [0, 0.05) is 13.0 Å². The Morgan fingerprint density at radius 1 is 1.45 bits per heavy atom. The van der Waals surface area contributed by atoms with Crippen molar-refractivity contribution in [2.75, 3.05) is 25.1 Å². The summed E-state index contributed by atoms with van der Waals surface area (Å²) in [5.41, 5.74) is 1.37.